The Labute approximate surface area is 136 Å². The van der Waals surface area contributed by atoms with E-state index >= 15 is 0 Å². The van der Waals surface area contributed by atoms with E-state index in [0.29, 0.717) is 18.0 Å². The van der Waals surface area contributed by atoms with Gasteiger partial charge in [-0.3, -0.25) is 0 Å². The molecule has 1 aromatic heterocycles. The maximum atomic E-state index is 9.14. The van der Waals surface area contributed by atoms with Gasteiger partial charge >= 0.3 is 0 Å². The first-order valence-electron chi connectivity index (χ1n) is 6.19. The van der Waals surface area contributed by atoms with Gasteiger partial charge in [0.15, 0.2) is 5.13 Å². The zero-order chi connectivity index (χ0) is 15.4. The number of thiazole rings is 1. The van der Waals surface area contributed by atoms with Crippen LogP contribution in [0.2, 0.25) is 0 Å². The topological polar surface area (TPSA) is 61.2 Å². The van der Waals surface area contributed by atoms with E-state index < -0.39 is 0 Å². The quantitative estimate of drug-likeness (QED) is 0.877. The highest BCUT2D eigenvalue weighted by Crippen LogP contribution is 2.31. The van der Waals surface area contributed by atoms with Gasteiger partial charge in [0.2, 0.25) is 5.88 Å². The summed E-state index contributed by atoms with van der Waals surface area (Å²) in [7, 11) is 5.49. The van der Waals surface area contributed by atoms with E-state index in [0.717, 1.165) is 20.2 Å². The van der Waals surface area contributed by atoms with Crippen molar-refractivity contribution in [1.29, 1.82) is 5.26 Å². The summed E-state index contributed by atoms with van der Waals surface area (Å²) in [6.45, 7) is 0.555. The van der Waals surface area contributed by atoms with Gasteiger partial charge in [0, 0.05) is 18.6 Å². The Morgan fingerprint density at radius 2 is 2.24 bits per heavy atom. The molecule has 0 saturated carbocycles. The van der Waals surface area contributed by atoms with Crippen molar-refractivity contribution in [1.82, 2.24) is 4.98 Å². The standard InChI is InChI=1S/C14H15BrN4OS/c1-19(2)14-18-13(20-3)12(21-14)8-17-11-6-10(15)5-4-9(11)7-16/h4-6,17H,8H2,1-3H3. The third-order valence-corrected chi connectivity index (χ3v) is 4.47. The lowest BCUT2D eigenvalue weighted by molar-refractivity contribution is 0.397. The van der Waals surface area contributed by atoms with Crippen LogP contribution in [0.3, 0.4) is 0 Å². The van der Waals surface area contributed by atoms with Crippen LogP contribution in [0.25, 0.3) is 0 Å². The van der Waals surface area contributed by atoms with E-state index in [1.165, 1.54) is 0 Å². The summed E-state index contributed by atoms with van der Waals surface area (Å²) in [5.74, 6) is 0.615. The molecule has 0 saturated heterocycles. The molecular formula is C14H15BrN4OS. The monoisotopic (exact) mass is 366 g/mol. The summed E-state index contributed by atoms with van der Waals surface area (Å²) in [6.07, 6.45) is 0. The van der Waals surface area contributed by atoms with E-state index in [1.54, 1.807) is 24.5 Å². The maximum absolute atomic E-state index is 9.14. The van der Waals surface area contributed by atoms with Gasteiger partial charge < -0.3 is 15.0 Å². The third kappa shape index (κ3) is 3.65. The molecule has 2 rings (SSSR count). The second-order valence-corrected chi connectivity index (χ2v) is 6.46. The molecule has 5 nitrogen and oxygen atoms in total. The van der Waals surface area contributed by atoms with Gasteiger partial charge in [0.05, 0.1) is 29.8 Å². The molecule has 1 N–H and O–H groups in total. The van der Waals surface area contributed by atoms with E-state index in [9.17, 15) is 0 Å². The summed E-state index contributed by atoms with van der Waals surface area (Å²) < 4.78 is 6.23. The predicted molar refractivity (Wildman–Crippen MR) is 89.2 cm³/mol. The van der Waals surface area contributed by atoms with Crippen LogP contribution in [0.1, 0.15) is 10.4 Å². The number of anilines is 2. The first kappa shape index (κ1) is 15.6. The number of nitrogens with one attached hydrogen (secondary N) is 1. The van der Waals surface area contributed by atoms with Crippen LogP contribution in [0, 0.1) is 11.3 Å². The smallest absolute Gasteiger partial charge is 0.231 e. The largest absolute Gasteiger partial charge is 0.480 e. The van der Waals surface area contributed by atoms with Crippen LogP contribution < -0.4 is 15.0 Å². The molecule has 1 heterocycles. The Hall–Kier alpha value is -1.78. The number of ether oxygens (including phenoxy) is 1. The van der Waals surface area contributed by atoms with Crippen molar-refractivity contribution in [3.05, 3.63) is 33.1 Å². The van der Waals surface area contributed by atoms with Crippen LogP contribution in [0.5, 0.6) is 5.88 Å². The molecule has 0 aliphatic carbocycles. The number of hydrogen-bond acceptors (Lipinski definition) is 6. The minimum absolute atomic E-state index is 0.555. The molecule has 7 heteroatoms. The Kier molecular flexibility index (Phi) is 5.04. The molecule has 2 aromatic rings. The molecule has 0 unspecified atom stereocenters. The van der Waals surface area contributed by atoms with Crippen LogP contribution >= 0.6 is 27.3 Å². The minimum atomic E-state index is 0.555. The fourth-order valence-electron chi connectivity index (χ4n) is 1.72. The lowest BCUT2D eigenvalue weighted by atomic mass is 10.2. The minimum Gasteiger partial charge on any atom is -0.480 e. The molecule has 21 heavy (non-hydrogen) atoms. The Morgan fingerprint density at radius 3 is 2.86 bits per heavy atom. The van der Waals surface area contributed by atoms with Crippen LogP contribution in [0.4, 0.5) is 10.8 Å². The molecule has 0 atom stereocenters. The van der Waals surface area contributed by atoms with Gasteiger partial charge in [0.25, 0.3) is 0 Å². The first-order valence-corrected chi connectivity index (χ1v) is 7.80. The highest BCUT2D eigenvalue weighted by molar-refractivity contribution is 9.10. The van der Waals surface area contributed by atoms with E-state index in [2.05, 4.69) is 32.3 Å². The third-order valence-electron chi connectivity index (χ3n) is 2.77. The summed E-state index contributed by atoms with van der Waals surface area (Å²) in [4.78, 5) is 7.34. The summed E-state index contributed by atoms with van der Waals surface area (Å²) in [6, 6.07) is 7.69. The van der Waals surface area contributed by atoms with Crippen LogP contribution in [0.15, 0.2) is 22.7 Å². The Balaban J connectivity index is 2.20. The summed E-state index contributed by atoms with van der Waals surface area (Å²) in [5.41, 5.74) is 1.39. The molecule has 0 fully saturated rings. The average molecular weight is 367 g/mol. The van der Waals surface area contributed by atoms with Crippen molar-refractivity contribution in [2.75, 3.05) is 31.4 Å². The van der Waals surface area contributed by atoms with E-state index in [1.807, 2.05) is 31.1 Å². The van der Waals surface area contributed by atoms with Crippen molar-refractivity contribution >= 4 is 38.1 Å². The van der Waals surface area contributed by atoms with Gasteiger partial charge in [-0.2, -0.15) is 10.2 Å². The number of rotatable bonds is 5. The van der Waals surface area contributed by atoms with Gasteiger partial charge in [-0.1, -0.05) is 27.3 Å². The maximum Gasteiger partial charge on any atom is 0.231 e. The number of benzene rings is 1. The Morgan fingerprint density at radius 1 is 1.48 bits per heavy atom. The lowest BCUT2D eigenvalue weighted by Gasteiger charge is -2.08. The predicted octanol–water partition coefficient (Wildman–Crippen LogP) is 3.46. The fourth-order valence-corrected chi connectivity index (χ4v) is 2.98. The van der Waals surface area contributed by atoms with Gasteiger partial charge in [-0.05, 0) is 18.2 Å². The number of nitrogens with zero attached hydrogens (tertiary/aromatic N) is 3. The van der Waals surface area contributed by atoms with Crippen molar-refractivity contribution in [3.63, 3.8) is 0 Å². The molecule has 0 aliphatic rings. The molecule has 0 spiro atoms. The van der Waals surface area contributed by atoms with Crippen LogP contribution in [-0.2, 0) is 6.54 Å². The van der Waals surface area contributed by atoms with Gasteiger partial charge in [-0.15, -0.1) is 0 Å². The molecular weight excluding hydrogens is 352 g/mol. The fraction of sp³-hybridized carbons (Fsp3) is 0.286. The van der Waals surface area contributed by atoms with Crippen molar-refractivity contribution in [2.24, 2.45) is 0 Å². The second kappa shape index (κ2) is 6.78. The number of methoxy groups -OCH3 is 1. The zero-order valence-electron chi connectivity index (χ0n) is 12.0. The van der Waals surface area contributed by atoms with E-state index in [-0.39, 0.29) is 0 Å². The summed E-state index contributed by atoms with van der Waals surface area (Å²) in [5, 5.41) is 13.3. The van der Waals surface area contributed by atoms with Gasteiger partial charge in [0.1, 0.15) is 6.07 Å². The summed E-state index contributed by atoms with van der Waals surface area (Å²) >= 11 is 4.97. The highest BCUT2D eigenvalue weighted by atomic mass is 79.9. The molecule has 1 aromatic carbocycles. The molecule has 0 amide bonds. The molecule has 0 aliphatic heterocycles. The lowest BCUT2D eigenvalue weighted by Crippen LogP contribution is -2.07. The first-order chi connectivity index (χ1) is 10.0. The zero-order valence-corrected chi connectivity index (χ0v) is 14.4. The second-order valence-electron chi connectivity index (χ2n) is 4.48. The average Bonchev–Trinajstić information content (AvgIpc) is 2.88. The van der Waals surface area contributed by atoms with Crippen molar-refractivity contribution in [2.45, 2.75) is 6.54 Å². The molecule has 0 bridgehead atoms. The number of halogens is 1. The number of hydrogen-bond donors (Lipinski definition) is 1. The van der Waals surface area contributed by atoms with Gasteiger partial charge in [-0.25, -0.2) is 0 Å². The highest BCUT2D eigenvalue weighted by Gasteiger charge is 2.13. The molecule has 110 valence electrons. The van der Waals surface area contributed by atoms with Crippen molar-refractivity contribution < 1.29 is 4.74 Å². The van der Waals surface area contributed by atoms with E-state index in [4.69, 9.17) is 10.00 Å². The number of aromatic nitrogens is 1. The molecule has 0 radical (unpaired) electrons. The SMILES string of the molecule is COc1nc(N(C)C)sc1CNc1cc(Br)ccc1C#N. The Bertz CT molecular complexity index is 678. The normalized spacial score (nSPS) is 10.0. The van der Waals surface area contributed by atoms with Crippen molar-refractivity contribution in [3.8, 4) is 11.9 Å². The van der Waals surface area contributed by atoms with Crippen LogP contribution in [-0.4, -0.2) is 26.2 Å². The number of nitriles is 1.